The Morgan fingerprint density at radius 2 is 1.52 bits per heavy atom. The van der Waals surface area contributed by atoms with Crippen LogP contribution in [0.2, 0.25) is 0 Å². The topological polar surface area (TPSA) is 47.6 Å². The van der Waals surface area contributed by atoms with Gasteiger partial charge in [0.25, 0.3) is 5.91 Å². The molecule has 0 aromatic heterocycles. The Balaban J connectivity index is 1.91. The molecule has 4 heteroatoms. The molecule has 0 fully saturated rings. The number of nitrogens with one attached hydrogen (secondary N) is 1. The van der Waals surface area contributed by atoms with E-state index in [4.69, 9.17) is 9.47 Å². The lowest BCUT2D eigenvalue weighted by molar-refractivity contribution is 0.102. The lowest BCUT2D eigenvalue weighted by Gasteiger charge is -2.10. The van der Waals surface area contributed by atoms with Crippen molar-refractivity contribution in [1.82, 2.24) is 0 Å². The molecule has 0 bridgehead atoms. The number of benzene rings is 2. The number of ether oxygens (including phenoxy) is 2. The highest BCUT2D eigenvalue weighted by Gasteiger charge is 2.07. The molecule has 0 spiro atoms. The zero-order chi connectivity index (χ0) is 17.9. The van der Waals surface area contributed by atoms with Crippen molar-refractivity contribution in [3.05, 3.63) is 54.1 Å². The maximum atomic E-state index is 12.4. The Morgan fingerprint density at radius 3 is 2.16 bits per heavy atom. The third-order valence-corrected chi connectivity index (χ3v) is 3.74. The van der Waals surface area contributed by atoms with Gasteiger partial charge in [-0.3, -0.25) is 4.79 Å². The number of carbonyl (C=O) groups is 1. The predicted molar refractivity (Wildman–Crippen MR) is 102 cm³/mol. The third kappa shape index (κ3) is 6.49. The molecule has 0 aliphatic heterocycles. The van der Waals surface area contributed by atoms with Gasteiger partial charge in [-0.1, -0.05) is 32.8 Å². The van der Waals surface area contributed by atoms with E-state index >= 15 is 0 Å². The summed E-state index contributed by atoms with van der Waals surface area (Å²) in [6, 6.07) is 14.7. The van der Waals surface area contributed by atoms with Crippen molar-refractivity contribution < 1.29 is 14.3 Å². The zero-order valence-corrected chi connectivity index (χ0v) is 15.1. The van der Waals surface area contributed by atoms with E-state index in [1.54, 1.807) is 12.1 Å². The molecule has 0 saturated heterocycles. The van der Waals surface area contributed by atoms with Gasteiger partial charge in [-0.05, 0) is 49.2 Å². The van der Waals surface area contributed by atoms with Crippen LogP contribution in [0, 0.1) is 0 Å². The lowest BCUT2D eigenvalue weighted by Crippen LogP contribution is -2.12. The Morgan fingerprint density at radius 1 is 0.880 bits per heavy atom. The van der Waals surface area contributed by atoms with Crippen molar-refractivity contribution in [1.29, 1.82) is 0 Å². The van der Waals surface area contributed by atoms with Crippen LogP contribution in [0.1, 0.15) is 49.9 Å². The van der Waals surface area contributed by atoms with Gasteiger partial charge < -0.3 is 14.8 Å². The number of carbonyl (C=O) groups excluding carboxylic acids is 1. The molecule has 0 radical (unpaired) electrons. The van der Waals surface area contributed by atoms with Gasteiger partial charge in [-0.15, -0.1) is 0 Å². The van der Waals surface area contributed by atoms with E-state index in [1.165, 1.54) is 0 Å². The first-order chi connectivity index (χ1) is 12.2. The molecule has 0 atom stereocenters. The van der Waals surface area contributed by atoms with E-state index < -0.39 is 0 Å². The van der Waals surface area contributed by atoms with E-state index in [0.717, 1.165) is 42.9 Å². The van der Waals surface area contributed by atoms with Crippen LogP contribution in [-0.2, 0) is 0 Å². The highest BCUT2D eigenvalue weighted by molar-refractivity contribution is 6.04. The van der Waals surface area contributed by atoms with Gasteiger partial charge in [0.05, 0.1) is 13.2 Å². The molecule has 1 amide bonds. The molecule has 25 heavy (non-hydrogen) atoms. The molecule has 2 aromatic rings. The SMILES string of the molecule is CCCCOc1ccc(C(=O)Nc2cccc(OCCCC)c2)cc1. The van der Waals surface area contributed by atoms with Gasteiger partial charge in [0.15, 0.2) is 0 Å². The first-order valence-electron chi connectivity index (χ1n) is 9.00. The molecule has 134 valence electrons. The van der Waals surface area contributed by atoms with Crippen LogP contribution in [0.4, 0.5) is 5.69 Å². The molecule has 4 nitrogen and oxygen atoms in total. The first kappa shape index (κ1) is 18.8. The van der Waals surface area contributed by atoms with Crippen molar-refractivity contribution >= 4 is 11.6 Å². The van der Waals surface area contributed by atoms with Gasteiger partial charge in [-0.2, -0.15) is 0 Å². The summed E-state index contributed by atoms with van der Waals surface area (Å²) in [5.41, 5.74) is 1.32. The van der Waals surface area contributed by atoms with Crippen molar-refractivity contribution in [3.63, 3.8) is 0 Å². The summed E-state index contributed by atoms with van der Waals surface area (Å²) in [6.45, 7) is 5.64. The summed E-state index contributed by atoms with van der Waals surface area (Å²) in [5, 5.41) is 2.90. The van der Waals surface area contributed by atoms with Gasteiger partial charge in [-0.25, -0.2) is 0 Å². The third-order valence-electron chi connectivity index (χ3n) is 3.74. The van der Waals surface area contributed by atoms with Crippen LogP contribution in [0.3, 0.4) is 0 Å². The van der Waals surface area contributed by atoms with Gasteiger partial charge in [0, 0.05) is 17.3 Å². The number of rotatable bonds is 10. The second-order valence-corrected chi connectivity index (χ2v) is 5.91. The summed E-state index contributed by atoms with van der Waals surface area (Å²) < 4.78 is 11.3. The minimum Gasteiger partial charge on any atom is -0.494 e. The standard InChI is InChI=1S/C21H27NO3/c1-3-5-14-24-19-12-10-17(11-13-19)21(23)22-18-8-7-9-20(16-18)25-15-6-4-2/h7-13,16H,3-6,14-15H2,1-2H3,(H,22,23). The van der Waals surface area contributed by atoms with Crippen LogP contribution in [0.25, 0.3) is 0 Å². The van der Waals surface area contributed by atoms with Crippen molar-refractivity contribution in [2.45, 2.75) is 39.5 Å². The molecule has 0 unspecified atom stereocenters. The largest absolute Gasteiger partial charge is 0.494 e. The second kappa shape index (κ2) is 10.4. The van der Waals surface area contributed by atoms with Crippen LogP contribution in [0.15, 0.2) is 48.5 Å². The van der Waals surface area contributed by atoms with Gasteiger partial charge >= 0.3 is 0 Å². The lowest BCUT2D eigenvalue weighted by atomic mass is 10.2. The minimum atomic E-state index is -0.147. The number of unbranched alkanes of at least 4 members (excludes halogenated alkanes) is 2. The number of hydrogen-bond donors (Lipinski definition) is 1. The monoisotopic (exact) mass is 341 g/mol. The Hall–Kier alpha value is -2.49. The predicted octanol–water partition coefficient (Wildman–Crippen LogP) is 5.30. The van der Waals surface area contributed by atoms with Gasteiger partial charge in [0.2, 0.25) is 0 Å². The first-order valence-corrected chi connectivity index (χ1v) is 9.00. The zero-order valence-electron chi connectivity index (χ0n) is 15.1. The molecule has 0 aliphatic carbocycles. The average molecular weight is 341 g/mol. The van der Waals surface area contributed by atoms with Crippen LogP contribution < -0.4 is 14.8 Å². The van der Waals surface area contributed by atoms with E-state index in [1.807, 2.05) is 36.4 Å². The summed E-state index contributed by atoms with van der Waals surface area (Å²) in [6.07, 6.45) is 4.23. The van der Waals surface area contributed by atoms with Crippen LogP contribution in [0.5, 0.6) is 11.5 Å². The Bertz CT molecular complexity index is 652. The summed E-state index contributed by atoms with van der Waals surface area (Å²) in [5.74, 6) is 1.41. The number of anilines is 1. The normalized spacial score (nSPS) is 10.3. The molecular formula is C21H27NO3. The van der Waals surface area contributed by atoms with E-state index in [-0.39, 0.29) is 5.91 Å². The quantitative estimate of drug-likeness (QED) is 0.597. The fourth-order valence-electron chi connectivity index (χ4n) is 2.24. The minimum absolute atomic E-state index is 0.147. The fraction of sp³-hybridized carbons (Fsp3) is 0.381. The van der Waals surface area contributed by atoms with Crippen LogP contribution >= 0.6 is 0 Å². The molecule has 2 aromatic carbocycles. The maximum Gasteiger partial charge on any atom is 0.255 e. The maximum absolute atomic E-state index is 12.4. The van der Waals surface area contributed by atoms with Crippen molar-refractivity contribution in [2.24, 2.45) is 0 Å². The van der Waals surface area contributed by atoms with E-state index in [0.29, 0.717) is 18.8 Å². The van der Waals surface area contributed by atoms with Crippen LogP contribution in [-0.4, -0.2) is 19.1 Å². The number of amides is 1. The molecule has 0 heterocycles. The Kier molecular flexibility index (Phi) is 7.83. The summed E-state index contributed by atoms with van der Waals surface area (Å²) in [7, 11) is 0. The van der Waals surface area contributed by atoms with E-state index in [2.05, 4.69) is 19.2 Å². The molecule has 1 N–H and O–H groups in total. The highest BCUT2D eigenvalue weighted by atomic mass is 16.5. The molecule has 0 saturated carbocycles. The second-order valence-electron chi connectivity index (χ2n) is 5.91. The van der Waals surface area contributed by atoms with Gasteiger partial charge in [0.1, 0.15) is 11.5 Å². The van der Waals surface area contributed by atoms with Crippen molar-refractivity contribution in [3.8, 4) is 11.5 Å². The fourth-order valence-corrected chi connectivity index (χ4v) is 2.24. The molecule has 2 rings (SSSR count). The molecule has 0 aliphatic rings. The Labute approximate surface area is 150 Å². The molecular weight excluding hydrogens is 314 g/mol. The summed E-state index contributed by atoms with van der Waals surface area (Å²) >= 11 is 0. The smallest absolute Gasteiger partial charge is 0.255 e. The van der Waals surface area contributed by atoms with Crippen molar-refractivity contribution in [2.75, 3.05) is 18.5 Å². The highest BCUT2D eigenvalue weighted by Crippen LogP contribution is 2.19. The van der Waals surface area contributed by atoms with E-state index in [9.17, 15) is 4.79 Å². The number of hydrogen-bond acceptors (Lipinski definition) is 3. The average Bonchev–Trinajstić information content (AvgIpc) is 2.63. The summed E-state index contributed by atoms with van der Waals surface area (Å²) in [4.78, 5) is 12.4.